The van der Waals surface area contributed by atoms with Crippen molar-refractivity contribution in [3.05, 3.63) is 88.8 Å². The number of imide groups is 2. The highest BCUT2D eigenvalue weighted by Gasteiger charge is 2.77. The summed E-state index contributed by atoms with van der Waals surface area (Å²) in [6.45, 7) is 0. The molecular formula is C33H22BCl2F5N2O8. The maximum absolute atomic E-state index is 15.2. The number of alkyl halides is 2. The molecule has 2 aliphatic carbocycles. The first kappa shape index (κ1) is 34.9. The molecule has 0 spiro atoms. The molecule has 3 N–H and O–H groups in total. The molecule has 4 amide bonds. The van der Waals surface area contributed by atoms with Crippen LogP contribution in [0.4, 0.5) is 33.3 Å². The summed E-state index contributed by atoms with van der Waals surface area (Å²) < 4.78 is 78.6. The van der Waals surface area contributed by atoms with Crippen LogP contribution in [-0.2, 0) is 19.2 Å². The Balaban J connectivity index is 1.43. The number of amides is 4. The zero-order valence-corrected chi connectivity index (χ0v) is 27.4. The SMILES string of the molecule is COc1ccc(O)c(C2C3=CCC4C(=O)N(c5cccc(B(O)O)c5)C(=O)C4C3CC3(Cl)C(=O)N(c4c(F)c(F)c(F)c(F)c4F)C(=O)C23Cl)c1. The molecule has 1 saturated carbocycles. The fraction of sp³-hybridized carbons (Fsp3) is 0.273. The number of carbonyl (C=O) groups excluding carboxylic acids is 4. The van der Waals surface area contributed by atoms with Crippen molar-refractivity contribution in [2.45, 2.75) is 28.5 Å². The fourth-order valence-electron chi connectivity index (χ4n) is 7.88. The second-order valence-electron chi connectivity index (χ2n) is 12.6. The summed E-state index contributed by atoms with van der Waals surface area (Å²) in [6, 6.07) is 9.01. The minimum Gasteiger partial charge on any atom is -0.508 e. The van der Waals surface area contributed by atoms with Crippen LogP contribution in [0, 0.1) is 46.8 Å². The summed E-state index contributed by atoms with van der Waals surface area (Å²) in [6.07, 6.45) is 0.579. The van der Waals surface area contributed by atoms with E-state index in [9.17, 15) is 47.5 Å². The summed E-state index contributed by atoms with van der Waals surface area (Å²) >= 11 is 14.2. The van der Waals surface area contributed by atoms with E-state index in [0.29, 0.717) is 0 Å². The molecule has 2 aliphatic heterocycles. The fourth-order valence-corrected chi connectivity index (χ4v) is 8.81. The van der Waals surface area contributed by atoms with E-state index in [-0.39, 0.29) is 39.4 Å². The summed E-state index contributed by atoms with van der Waals surface area (Å²) in [5.41, 5.74) is -2.07. The standard InChI is InChI=1S/C33H22BCl2F5N2O8/c1-51-14-5-8-19(44)17(10-14)21-15-6-7-16-20(29(46)42(28(16)45)13-4-2-3-12(9-13)34(49)50)18(15)11-32(35)30(47)43(31(48)33(21,32)36)27-25(40)23(38)22(37)24(39)26(27)41/h2-6,8-10,16,18,20-21,44,49-50H,7,11H2,1H3. The number of hydrogen-bond acceptors (Lipinski definition) is 8. The highest BCUT2D eigenvalue weighted by molar-refractivity contribution is 6.59. The topological polar surface area (TPSA) is 145 Å². The van der Waals surface area contributed by atoms with Crippen LogP contribution in [0.1, 0.15) is 24.3 Å². The number of benzene rings is 3. The summed E-state index contributed by atoms with van der Waals surface area (Å²) in [7, 11) is -0.674. The molecule has 51 heavy (non-hydrogen) atoms. The number of anilines is 2. The van der Waals surface area contributed by atoms with Crippen LogP contribution < -0.4 is 20.0 Å². The lowest BCUT2D eigenvalue weighted by Crippen LogP contribution is -2.60. The highest BCUT2D eigenvalue weighted by atomic mass is 35.5. The van der Waals surface area contributed by atoms with Crippen molar-refractivity contribution in [1.29, 1.82) is 0 Å². The normalized spacial score (nSPS) is 28.5. The van der Waals surface area contributed by atoms with E-state index in [4.69, 9.17) is 27.9 Å². The van der Waals surface area contributed by atoms with Crippen LogP contribution in [0.2, 0.25) is 0 Å². The Hall–Kier alpha value is -4.51. The quantitative estimate of drug-likeness (QED) is 0.0684. The first-order valence-corrected chi connectivity index (χ1v) is 16.0. The van der Waals surface area contributed by atoms with Gasteiger partial charge in [-0.1, -0.05) is 23.8 Å². The Kier molecular flexibility index (Phi) is 8.06. The predicted molar refractivity (Wildman–Crippen MR) is 170 cm³/mol. The largest absolute Gasteiger partial charge is 0.508 e. The van der Waals surface area contributed by atoms with E-state index in [1.165, 1.54) is 49.6 Å². The van der Waals surface area contributed by atoms with Crippen molar-refractivity contribution in [2.75, 3.05) is 16.9 Å². The van der Waals surface area contributed by atoms with Crippen molar-refractivity contribution in [3.63, 3.8) is 0 Å². The molecule has 3 aromatic rings. The van der Waals surface area contributed by atoms with E-state index in [0.717, 1.165) is 11.0 Å². The number of phenolic OH excluding ortho intramolecular Hbond substituents is 1. The molecule has 3 aromatic carbocycles. The van der Waals surface area contributed by atoms with Gasteiger partial charge in [-0.05, 0) is 54.6 Å². The van der Waals surface area contributed by atoms with Gasteiger partial charge in [0.25, 0.3) is 11.8 Å². The molecule has 2 heterocycles. The van der Waals surface area contributed by atoms with Gasteiger partial charge in [-0.25, -0.2) is 26.9 Å². The molecule has 6 atom stereocenters. The number of methoxy groups -OCH3 is 1. The second-order valence-corrected chi connectivity index (χ2v) is 13.8. The molecule has 0 bridgehead atoms. The van der Waals surface area contributed by atoms with Crippen molar-refractivity contribution >= 4 is 70.8 Å². The summed E-state index contributed by atoms with van der Waals surface area (Å²) in [5.74, 6) is -23.2. The smallest absolute Gasteiger partial charge is 0.488 e. The number of halogens is 7. The molecule has 4 aliphatic rings. The maximum Gasteiger partial charge on any atom is 0.488 e. The van der Waals surface area contributed by atoms with Crippen molar-refractivity contribution in [3.8, 4) is 11.5 Å². The number of aromatic hydroxyl groups is 1. The van der Waals surface area contributed by atoms with Gasteiger partial charge in [0, 0.05) is 11.5 Å². The Bertz CT molecular complexity index is 2110. The first-order chi connectivity index (χ1) is 24.0. The molecular weight excluding hydrogens is 729 g/mol. The number of phenols is 1. The van der Waals surface area contributed by atoms with Gasteiger partial charge in [-0.15, -0.1) is 23.2 Å². The maximum atomic E-state index is 15.2. The second kappa shape index (κ2) is 11.8. The van der Waals surface area contributed by atoms with Crippen LogP contribution in [-0.4, -0.2) is 62.8 Å². The van der Waals surface area contributed by atoms with E-state index in [1.54, 1.807) is 0 Å². The van der Waals surface area contributed by atoms with Crippen molar-refractivity contribution < 1.29 is 61.0 Å². The van der Waals surface area contributed by atoms with E-state index in [2.05, 4.69) is 0 Å². The lowest BCUT2D eigenvalue weighted by atomic mass is 9.56. The molecule has 0 aromatic heterocycles. The van der Waals surface area contributed by atoms with E-state index >= 15 is 8.78 Å². The van der Waals surface area contributed by atoms with Gasteiger partial charge in [0.15, 0.2) is 33.0 Å². The van der Waals surface area contributed by atoms with E-state index in [1.807, 2.05) is 0 Å². The molecule has 2 saturated heterocycles. The van der Waals surface area contributed by atoms with Crippen LogP contribution in [0.3, 0.4) is 0 Å². The summed E-state index contributed by atoms with van der Waals surface area (Å²) in [4.78, 5) is 51.6. The van der Waals surface area contributed by atoms with Crippen LogP contribution in [0.15, 0.2) is 54.1 Å². The zero-order chi connectivity index (χ0) is 37.1. The Morgan fingerprint density at radius 1 is 0.843 bits per heavy atom. The molecule has 6 unspecified atom stereocenters. The lowest BCUT2D eigenvalue weighted by Gasteiger charge is -2.50. The third kappa shape index (κ3) is 4.55. The molecule has 0 radical (unpaired) electrons. The van der Waals surface area contributed by atoms with Crippen LogP contribution in [0.5, 0.6) is 11.5 Å². The number of ether oxygens (including phenoxy) is 1. The minimum atomic E-state index is -2.83. The third-order valence-electron chi connectivity index (χ3n) is 10.2. The number of carbonyl (C=O) groups is 4. The highest BCUT2D eigenvalue weighted by Crippen LogP contribution is 2.67. The van der Waals surface area contributed by atoms with Crippen molar-refractivity contribution in [1.82, 2.24) is 0 Å². The number of allylic oxidation sites excluding steroid dienone is 2. The van der Waals surface area contributed by atoms with Gasteiger partial charge < -0.3 is 19.9 Å². The van der Waals surface area contributed by atoms with Crippen LogP contribution in [0.25, 0.3) is 0 Å². The van der Waals surface area contributed by atoms with Crippen molar-refractivity contribution in [2.24, 2.45) is 17.8 Å². The monoisotopic (exact) mass is 750 g/mol. The molecule has 264 valence electrons. The average molecular weight is 751 g/mol. The summed E-state index contributed by atoms with van der Waals surface area (Å²) in [5, 5.41) is 30.5. The molecule has 3 fully saturated rings. The van der Waals surface area contributed by atoms with Gasteiger partial charge >= 0.3 is 7.12 Å². The third-order valence-corrected chi connectivity index (χ3v) is 11.6. The number of rotatable bonds is 5. The lowest BCUT2D eigenvalue weighted by molar-refractivity contribution is -0.125. The first-order valence-electron chi connectivity index (χ1n) is 15.2. The Morgan fingerprint density at radius 2 is 1.49 bits per heavy atom. The number of hydrogen-bond donors (Lipinski definition) is 3. The molecule has 7 rings (SSSR count). The number of fused-ring (bicyclic) bond motifs is 4. The zero-order valence-electron chi connectivity index (χ0n) is 25.8. The van der Waals surface area contributed by atoms with Gasteiger partial charge in [0.1, 0.15) is 17.2 Å². The Labute approximate surface area is 294 Å². The van der Waals surface area contributed by atoms with Gasteiger partial charge in [-0.2, -0.15) is 0 Å². The predicted octanol–water partition coefficient (Wildman–Crippen LogP) is 3.54. The van der Waals surface area contributed by atoms with E-state index < -0.39 is 111 Å². The van der Waals surface area contributed by atoms with Crippen LogP contribution >= 0.6 is 23.2 Å². The molecule has 10 nitrogen and oxygen atoms in total. The Morgan fingerprint density at radius 3 is 2.12 bits per heavy atom. The average Bonchev–Trinajstić information content (AvgIpc) is 3.45. The minimum absolute atomic E-state index is 0.0127. The van der Waals surface area contributed by atoms with Gasteiger partial charge in [0.2, 0.25) is 17.6 Å². The van der Waals surface area contributed by atoms with Gasteiger partial charge in [0.05, 0.1) is 24.6 Å². The van der Waals surface area contributed by atoms with Gasteiger partial charge in [-0.3, -0.25) is 24.1 Å². The molecule has 18 heteroatoms. The number of nitrogens with zero attached hydrogens (tertiary/aromatic N) is 2.